The van der Waals surface area contributed by atoms with E-state index in [4.69, 9.17) is 10.2 Å². The van der Waals surface area contributed by atoms with E-state index in [-0.39, 0.29) is 17.6 Å². The Morgan fingerprint density at radius 1 is 1.21 bits per heavy atom. The number of aryl methyl sites for hydroxylation is 1. The SMILES string of the molecule is Cc1cc(NC(=O)[C@@H](N)CC(C)C)ccc1NC(=O)c1ccco1. The zero-order chi connectivity index (χ0) is 17.7. The molecular weight excluding hydrogens is 306 g/mol. The van der Waals surface area contributed by atoms with E-state index in [1.807, 2.05) is 20.8 Å². The third-order valence-electron chi connectivity index (χ3n) is 3.55. The number of anilines is 2. The molecule has 0 saturated carbocycles. The number of amides is 2. The summed E-state index contributed by atoms with van der Waals surface area (Å²) in [6.45, 7) is 5.89. The van der Waals surface area contributed by atoms with Crippen LogP contribution in [0.3, 0.4) is 0 Å². The lowest BCUT2D eigenvalue weighted by atomic mass is 10.0. The van der Waals surface area contributed by atoms with Gasteiger partial charge in [0.2, 0.25) is 5.91 Å². The van der Waals surface area contributed by atoms with Gasteiger partial charge in [0.15, 0.2) is 5.76 Å². The van der Waals surface area contributed by atoms with Crippen LogP contribution in [-0.4, -0.2) is 17.9 Å². The van der Waals surface area contributed by atoms with Gasteiger partial charge in [-0.3, -0.25) is 9.59 Å². The Bertz CT molecular complexity index is 708. The number of carbonyl (C=O) groups excluding carboxylic acids is 2. The topological polar surface area (TPSA) is 97.4 Å². The highest BCUT2D eigenvalue weighted by molar-refractivity contribution is 6.03. The van der Waals surface area contributed by atoms with E-state index in [1.54, 1.807) is 30.3 Å². The van der Waals surface area contributed by atoms with Crippen LogP contribution in [0.25, 0.3) is 0 Å². The molecule has 0 unspecified atom stereocenters. The van der Waals surface area contributed by atoms with Gasteiger partial charge in [0.25, 0.3) is 5.91 Å². The lowest BCUT2D eigenvalue weighted by Gasteiger charge is -2.15. The van der Waals surface area contributed by atoms with Crippen LogP contribution in [-0.2, 0) is 4.79 Å². The maximum atomic E-state index is 12.1. The molecule has 1 heterocycles. The van der Waals surface area contributed by atoms with Crippen molar-refractivity contribution in [1.29, 1.82) is 0 Å². The molecule has 2 rings (SSSR count). The van der Waals surface area contributed by atoms with E-state index in [0.717, 1.165) is 5.56 Å². The van der Waals surface area contributed by atoms with E-state index >= 15 is 0 Å². The monoisotopic (exact) mass is 329 g/mol. The molecule has 1 aromatic carbocycles. The van der Waals surface area contributed by atoms with Crippen LogP contribution in [0, 0.1) is 12.8 Å². The van der Waals surface area contributed by atoms with Crippen LogP contribution in [0.5, 0.6) is 0 Å². The third kappa shape index (κ3) is 4.70. The molecule has 0 aliphatic carbocycles. The fourth-order valence-corrected chi connectivity index (χ4v) is 2.32. The van der Waals surface area contributed by atoms with Crippen molar-refractivity contribution in [2.24, 2.45) is 11.7 Å². The maximum Gasteiger partial charge on any atom is 0.291 e. The summed E-state index contributed by atoms with van der Waals surface area (Å²) in [4.78, 5) is 24.1. The van der Waals surface area contributed by atoms with Crippen LogP contribution in [0.15, 0.2) is 41.0 Å². The van der Waals surface area contributed by atoms with Crippen LogP contribution in [0.2, 0.25) is 0 Å². The first kappa shape index (κ1) is 17.7. The molecule has 2 amide bonds. The Kier molecular flexibility index (Phi) is 5.76. The van der Waals surface area contributed by atoms with Crippen LogP contribution in [0.4, 0.5) is 11.4 Å². The fraction of sp³-hybridized carbons (Fsp3) is 0.333. The number of hydrogen-bond donors (Lipinski definition) is 3. The van der Waals surface area contributed by atoms with Crippen molar-refractivity contribution in [3.05, 3.63) is 47.9 Å². The normalized spacial score (nSPS) is 12.0. The predicted molar refractivity (Wildman–Crippen MR) is 93.9 cm³/mol. The molecule has 0 spiro atoms. The summed E-state index contributed by atoms with van der Waals surface area (Å²) in [5.74, 6) is 0.0624. The van der Waals surface area contributed by atoms with Gasteiger partial charge in [0, 0.05) is 11.4 Å². The van der Waals surface area contributed by atoms with Crippen molar-refractivity contribution in [2.75, 3.05) is 10.6 Å². The van der Waals surface area contributed by atoms with Gasteiger partial charge in [-0.25, -0.2) is 0 Å². The minimum absolute atomic E-state index is 0.213. The van der Waals surface area contributed by atoms with Gasteiger partial charge in [0.1, 0.15) is 0 Å². The van der Waals surface area contributed by atoms with Gasteiger partial charge in [-0.2, -0.15) is 0 Å². The number of carbonyl (C=O) groups is 2. The van der Waals surface area contributed by atoms with Crippen molar-refractivity contribution in [2.45, 2.75) is 33.2 Å². The highest BCUT2D eigenvalue weighted by atomic mass is 16.3. The minimum Gasteiger partial charge on any atom is -0.459 e. The Balaban J connectivity index is 2.01. The number of furan rings is 1. The quantitative estimate of drug-likeness (QED) is 0.758. The molecule has 4 N–H and O–H groups in total. The van der Waals surface area contributed by atoms with Crippen molar-refractivity contribution < 1.29 is 14.0 Å². The molecule has 1 aromatic heterocycles. The van der Waals surface area contributed by atoms with Gasteiger partial charge in [-0.1, -0.05) is 13.8 Å². The Hall–Kier alpha value is -2.60. The van der Waals surface area contributed by atoms with Crippen LogP contribution in [0.1, 0.15) is 36.4 Å². The highest BCUT2D eigenvalue weighted by Gasteiger charge is 2.16. The molecule has 1 atom stereocenters. The molecule has 0 saturated heterocycles. The van der Waals surface area contributed by atoms with E-state index in [1.165, 1.54) is 6.26 Å². The van der Waals surface area contributed by atoms with Gasteiger partial charge >= 0.3 is 0 Å². The molecule has 128 valence electrons. The number of hydrogen-bond acceptors (Lipinski definition) is 4. The first-order chi connectivity index (χ1) is 11.4. The second kappa shape index (κ2) is 7.79. The molecule has 0 aliphatic heterocycles. The maximum absolute atomic E-state index is 12.1. The zero-order valence-electron chi connectivity index (χ0n) is 14.1. The Morgan fingerprint density at radius 2 is 1.96 bits per heavy atom. The summed E-state index contributed by atoms with van der Waals surface area (Å²) in [5, 5.41) is 5.57. The van der Waals surface area contributed by atoms with Gasteiger partial charge in [-0.15, -0.1) is 0 Å². The number of rotatable bonds is 6. The van der Waals surface area contributed by atoms with Crippen molar-refractivity contribution in [1.82, 2.24) is 0 Å². The molecule has 0 fully saturated rings. The summed E-state index contributed by atoms with van der Waals surface area (Å²) >= 11 is 0. The second-order valence-electron chi connectivity index (χ2n) is 6.19. The summed E-state index contributed by atoms with van der Waals surface area (Å²) in [5.41, 5.74) is 8.00. The van der Waals surface area contributed by atoms with Crippen molar-refractivity contribution in [3.8, 4) is 0 Å². The van der Waals surface area contributed by atoms with Crippen LogP contribution >= 0.6 is 0 Å². The number of benzene rings is 1. The summed E-state index contributed by atoms with van der Waals surface area (Å²) in [6.07, 6.45) is 2.07. The fourth-order valence-electron chi connectivity index (χ4n) is 2.32. The average molecular weight is 329 g/mol. The van der Waals surface area contributed by atoms with Gasteiger partial charge < -0.3 is 20.8 Å². The smallest absolute Gasteiger partial charge is 0.291 e. The molecule has 0 bridgehead atoms. The van der Waals surface area contributed by atoms with Crippen molar-refractivity contribution >= 4 is 23.2 Å². The number of nitrogens with one attached hydrogen (secondary N) is 2. The molecule has 0 radical (unpaired) electrons. The van der Waals surface area contributed by atoms with Gasteiger partial charge in [-0.05, 0) is 55.2 Å². The van der Waals surface area contributed by atoms with Gasteiger partial charge in [0.05, 0.1) is 12.3 Å². The van der Waals surface area contributed by atoms with E-state index < -0.39 is 6.04 Å². The van der Waals surface area contributed by atoms with E-state index in [2.05, 4.69) is 10.6 Å². The number of nitrogens with two attached hydrogens (primary N) is 1. The summed E-state index contributed by atoms with van der Waals surface area (Å²) < 4.78 is 5.06. The molecule has 6 heteroatoms. The minimum atomic E-state index is -0.538. The molecule has 6 nitrogen and oxygen atoms in total. The van der Waals surface area contributed by atoms with Crippen LogP contribution < -0.4 is 16.4 Å². The van der Waals surface area contributed by atoms with Crippen molar-refractivity contribution in [3.63, 3.8) is 0 Å². The summed E-state index contributed by atoms with van der Waals surface area (Å²) in [7, 11) is 0. The lowest BCUT2D eigenvalue weighted by molar-refractivity contribution is -0.117. The first-order valence-electron chi connectivity index (χ1n) is 7.88. The standard InChI is InChI=1S/C18H23N3O3/c1-11(2)9-14(19)17(22)20-13-6-7-15(12(3)10-13)21-18(23)16-5-4-8-24-16/h4-8,10-11,14H,9,19H2,1-3H3,(H,20,22)(H,21,23)/t14-/m0/s1. The highest BCUT2D eigenvalue weighted by Crippen LogP contribution is 2.21. The third-order valence-corrected chi connectivity index (χ3v) is 3.55. The van der Waals surface area contributed by atoms with E-state index in [9.17, 15) is 9.59 Å². The Labute approximate surface area is 141 Å². The first-order valence-corrected chi connectivity index (χ1v) is 7.88. The largest absolute Gasteiger partial charge is 0.459 e. The Morgan fingerprint density at radius 3 is 2.54 bits per heavy atom. The average Bonchev–Trinajstić information content (AvgIpc) is 3.03. The van der Waals surface area contributed by atoms with E-state index in [0.29, 0.717) is 23.7 Å². The predicted octanol–water partition coefficient (Wildman–Crippen LogP) is 3.15. The molecule has 2 aromatic rings. The lowest BCUT2D eigenvalue weighted by Crippen LogP contribution is -2.36. The molecule has 24 heavy (non-hydrogen) atoms. The summed E-state index contributed by atoms with van der Waals surface area (Å²) in [6, 6.07) is 7.96. The molecule has 0 aliphatic rings. The zero-order valence-corrected chi connectivity index (χ0v) is 14.1. The molecular formula is C18H23N3O3. The second-order valence-corrected chi connectivity index (χ2v) is 6.19.